The first-order chi connectivity index (χ1) is 13.0. The molecule has 0 spiro atoms. The SMILES string of the molecule is Cc1cc(C)n(Cc2cccc(C(N)=NOC(C)C(=O)NCC(F)(F)F)c2)n1. The van der Waals surface area contributed by atoms with E-state index in [2.05, 4.69) is 10.3 Å². The van der Waals surface area contributed by atoms with Gasteiger partial charge in [-0.3, -0.25) is 9.48 Å². The summed E-state index contributed by atoms with van der Waals surface area (Å²) in [4.78, 5) is 16.5. The summed E-state index contributed by atoms with van der Waals surface area (Å²) < 4.78 is 38.2. The van der Waals surface area contributed by atoms with E-state index in [0.29, 0.717) is 12.1 Å². The van der Waals surface area contributed by atoms with Gasteiger partial charge in [-0.2, -0.15) is 18.3 Å². The van der Waals surface area contributed by atoms with Gasteiger partial charge >= 0.3 is 6.18 Å². The Morgan fingerprint density at radius 1 is 1.36 bits per heavy atom. The van der Waals surface area contributed by atoms with Crippen LogP contribution in [-0.2, 0) is 16.2 Å². The van der Waals surface area contributed by atoms with Crippen LogP contribution in [0.4, 0.5) is 13.2 Å². The number of nitrogens with one attached hydrogen (secondary N) is 1. The number of nitrogens with zero attached hydrogens (tertiary/aromatic N) is 3. The smallest absolute Gasteiger partial charge is 0.381 e. The molecule has 152 valence electrons. The van der Waals surface area contributed by atoms with Gasteiger partial charge in [-0.1, -0.05) is 23.4 Å². The number of amides is 1. The van der Waals surface area contributed by atoms with Crippen LogP contribution in [0.25, 0.3) is 0 Å². The van der Waals surface area contributed by atoms with E-state index < -0.39 is 24.7 Å². The fourth-order valence-electron chi connectivity index (χ4n) is 2.40. The molecule has 0 fully saturated rings. The monoisotopic (exact) mass is 397 g/mol. The molecule has 1 atom stereocenters. The summed E-state index contributed by atoms with van der Waals surface area (Å²) in [5.41, 5.74) is 9.30. The Balaban J connectivity index is 2.00. The van der Waals surface area contributed by atoms with Crippen molar-refractivity contribution in [2.75, 3.05) is 6.54 Å². The van der Waals surface area contributed by atoms with E-state index in [-0.39, 0.29) is 5.84 Å². The summed E-state index contributed by atoms with van der Waals surface area (Å²) in [6.45, 7) is 4.25. The lowest BCUT2D eigenvalue weighted by molar-refractivity contribution is -0.145. The number of carbonyl (C=O) groups excluding carboxylic acids is 1. The van der Waals surface area contributed by atoms with Gasteiger partial charge in [-0.15, -0.1) is 0 Å². The van der Waals surface area contributed by atoms with Crippen LogP contribution < -0.4 is 11.1 Å². The Kier molecular flexibility index (Phi) is 6.66. The maximum absolute atomic E-state index is 12.1. The number of halogens is 3. The number of oxime groups is 1. The minimum absolute atomic E-state index is 0.00527. The molecule has 3 N–H and O–H groups in total. The van der Waals surface area contributed by atoms with Crippen molar-refractivity contribution in [3.63, 3.8) is 0 Å². The Morgan fingerprint density at radius 2 is 2.07 bits per heavy atom. The molecule has 0 bridgehead atoms. The fourth-order valence-corrected chi connectivity index (χ4v) is 2.40. The first kappa shape index (κ1) is 21.3. The topological polar surface area (TPSA) is 94.5 Å². The minimum atomic E-state index is -4.50. The predicted molar refractivity (Wildman–Crippen MR) is 97.6 cm³/mol. The fraction of sp³-hybridized carbons (Fsp3) is 0.389. The summed E-state index contributed by atoms with van der Waals surface area (Å²) in [5.74, 6) is -0.933. The number of aromatic nitrogens is 2. The predicted octanol–water partition coefficient (Wildman–Crippen LogP) is 2.25. The molecule has 1 aromatic heterocycles. The number of aryl methyl sites for hydroxylation is 2. The highest BCUT2D eigenvalue weighted by molar-refractivity contribution is 5.97. The molecule has 28 heavy (non-hydrogen) atoms. The maximum atomic E-state index is 12.1. The van der Waals surface area contributed by atoms with Crippen LogP contribution >= 0.6 is 0 Å². The number of hydrogen-bond acceptors (Lipinski definition) is 4. The van der Waals surface area contributed by atoms with Gasteiger partial charge in [-0.05, 0) is 38.5 Å². The standard InChI is InChI=1S/C18H22F3N5O2/c1-11-7-12(2)26(24-11)9-14-5-4-6-15(8-14)16(22)25-28-13(3)17(27)23-10-18(19,20)21/h4-8,13H,9-10H2,1-3H3,(H2,22,25)(H,23,27). The van der Waals surface area contributed by atoms with Crippen molar-refractivity contribution in [1.29, 1.82) is 0 Å². The third-order valence-electron chi connectivity index (χ3n) is 3.80. The van der Waals surface area contributed by atoms with Gasteiger partial charge in [0.05, 0.1) is 12.2 Å². The number of amidine groups is 1. The molecule has 1 unspecified atom stereocenters. The Morgan fingerprint density at radius 3 is 2.68 bits per heavy atom. The lowest BCUT2D eigenvalue weighted by Crippen LogP contribution is -2.39. The molecule has 1 heterocycles. The Hall–Kier alpha value is -3.04. The minimum Gasteiger partial charge on any atom is -0.381 e. The second-order valence-corrected chi connectivity index (χ2v) is 6.34. The summed E-state index contributed by atoms with van der Waals surface area (Å²) in [7, 11) is 0. The van der Waals surface area contributed by atoms with Gasteiger partial charge in [0.1, 0.15) is 6.54 Å². The quantitative estimate of drug-likeness (QED) is 0.426. The van der Waals surface area contributed by atoms with Crippen LogP contribution in [0.3, 0.4) is 0 Å². The largest absolute Gasteiger partial charge is 0.405 e. The zero-order chi connectivity index (χ0) is 20.9. The third kappa shape index (κ3) is 6.29. The van der Waals surface area contributed by atoms with Gasteiger partial charge in [0.25, 0.3) is 5.91 Å². The number of alkyl halides is 3. The lowest BCUT2D eigenvalue weighted by atomic mass is 10.1. The highest BCUT2D eigenvalue weighted by atomic mass is 19.4. The molecular formula is C18H22F3N5O2. The summed E-state index contributed by atoms with van der Waals surface area (Å²) in [5, 5.41) is 9.78. The van der Waals surface area contributed by atoms with Crippen LogP contribution in [0, 0.1) is 13.8 Å². The van der Waals surface area contributed by atoms with Crippen LogP contribution in [0.2, 0.25) is 0 Å². The molecule has 7 nitrogen and oxygen atoms in total. The Bertz CT molecular complexity index is 861. The van der Waals surface area contributed by atoms with E-state index in [1.165, 1.54) is 6.92 Å². The zero-order valence-corrected chi connectivity index (χ0v) is 15.7. The van der Waals surface area contributed by atoms with E-state index in [9.17, 15) is 18.0 Å². The van der Waals surface area contributed by atoms with E-state index in [1.807, 2.05) is 30.7 Å². The van der Waals surface area contributed by atoms with Crippen LogP contribution in [0.5, 0.6) is 0 Å². The number of carbonyl (C=O) groups is 1. The van der Waals surface area contributed by atoms with Crippen LogP contribution in [0.1, 0.15) is 29.4 Å². The molecule has 0 radical (unpaired) electrons. The van der Waals surface area contributed by atoms with Crippen molar-refractivity contribution in [1.82, 2.24) is 15.1 Å². The molecule has 0 aliphatic rings. The van der Waals surface area contributed by atoms with Crippen LogP contribution in [0.15, 0.2) is 35.5 Å². The summed E-state index contributed by atoms with van der Waals surface area (Å²) in [6, 6.07) is 9.17. The van der Waals surface area contributed by atoms with Gasteiger partial charge in [0.15, 0.2) is 5.84 Å². The van der Waals surface area contributed by atoms with Gasteiger partial charge in [0, 0.05) is 11.3 Å². The molecule has 0 saturated heterocycles. The number of rotatable bonds is 7. The maximum Gasteiger partial charge on any atom is 0.405 e. The molecule has 2 aromatic rings. The number of hydrogen-bond donors (Lipinski definition) is 2. The van der Waals surface area contributed by atoms with Crippen molar-refractivity contribution in [2.24, 2.45) is 10.9 Å². The molecule has 1 amide bonds. The van der Waals surface area contributed by atoms with E-state index >= 15 is 0 Å². The van der Waals surface area contributed by atoms with E-state index in [1.54, 1.807) is 23.5 Å². The van der Waals surface area contributed by atoms with Gasteiger partial charge < -0.3 is 15.9 Å². The van der Waals surface area contributed by atoms with Gasteiger partial charge in [0.2, 0.25) is 6.10 Å². The molecule has 1 aromatic carbocycles. The lowest BCUT2D eigenvalue weighted by Gasteiger charge is -2.12. The van der Waals surface area contributed by atoms with Crippen molar-refractivity contribution in [3.8, 4) is 0 Å². The van der Waals surface area contributed by atoms with Gasteiger partial charge in [-0.25, -0.2) is 0 Å². The summed E-state index contributed by atoms with van der Waals surface area (Å²) >= 11 is 0. The van der Waals surface area contributed by atoms with Crippen molar-refractivity contribution in [2.45, 2.75) is 39.6 Å². The number of nitrogens with two attached hydrogens (primary N) is 1. The Labute approximate surface area is 160 Å². The molecule has 2 rings (SSSR count). The average molecular weight is 397 g/mol. The molecule has 0 aliphatic heterocycles. The highest BCUT2D eigenvalue weighted by Crippen LogP contribution is 2.13. The summed E-state index contributed by atoms with van der Waals surface area (Å²) in [6.07, 6.45) is -5.72. The van der Waals surface area contributed by atoms with Crippen LogP contribution in [-0.4, -0.2) is 40.3 Å². The second kappa shape index (κ2) is 8.77. The van der Waals surface area contributed by atoms with E-state index in [4.69, 9.17) is 10.6 Å². The molecule has 10 heteroatoms. The highest BCUT2D eigenvalue weighted by Gasteiger charge is 2.29. The van der Waals surface area contributed by atoms with E-state index in [0.717, 1.165) is 17.0 Å². The zero-order valence-electron chi connectivity index (χ0n) is 15.7. The molecular weight excluding hydrogens is 375 g/mol. The number of benzene rings is 1. The normalized spacial score (nSPS) is 13.3. The average Bonchev–Trinajstić information content (AvgIpc) is 2.93. The first-order valence-electron chi connectivity index (χ1n) is 8.49. The second-order valence-electron chi connectivity index (χ2n) is 6.34. The molecule has 0 aliphatic carbocycles. The van der Waals surface area contributed by atoms with Crippen molar-refractivity contribution < 1.29 is 22.8 Å². The molecule has 0 saturated carbocycles. The first-order valence-corrected chi connectivity index (χ1v) is 8.49. The third-order valence-corrected chi connectivity index (χ3v) is 3.80. The van der Waals surface area contributed by atoms with Crippen molar-refractivity contribution in [3.05, 3.63) is 52.8 Å². The van der Waals surface area contributed by atoms with Crippen molar-refractivity contribution >= 4 is 11.7 Å².